The van der Waals surface area contributed by atoms with Crippen molar-refractivity contribution in [3.63, 3.8) is 0 Å². The Hall–Kier alpha value is -2.36. The summed E-state index contributed by atoms with van der Waals surface area (Å²) in [5.74, 6) is -2.25. The van der Waals surface area contributed by atoms with Crippen molar-refractivity contribution >= 4 is 15.9 Å². The lowest BCUT2D eigenvalue weighted by molar-refractivity contribution is 0.0941. The van der Waals surface area contributed by atoms with Gasteiger partial charge in [-0.3, -0.25) is 9.69 Å². The van der Waals surface area contributed by atoms with Crippen LogP contribution in [0.4, 0.5) is 8.78 Å². The van der Waals surface area contributed by atoms with Gasteiger partial charge in [0.25, 0.3) is 5.91 Å². The van der Waals surface area contributed by atoms with Gasteiger partial charge in [-0.05, 0) is 24.3 Å². The van der Waals surface area contributed by atoms with Gasteiger partial charge in [-0.25, -0.2) is 17.2 Å². The molecule has 0 aromatic heterocycles. The topological polar surface area (TPSA) is 69.7 Å². The maximum atomic E-state index is 13.6. The van der Waals surface area contributed by atoms with E-state index < -0.39 is 27.6 Å². The molecule has 0 spiro atoms. The first-order valence-corrected chi connectivity index (χ1v) is 10.3. The van der Waals surface area contributed by atoms with Gasteiger partial charge < -0.3 is 5.32 Å². The van der Waals surface area contributed by atoms with E-state index in [9.17, 15) is 22.0 Å². The molecule has 0 radical (unpaired) electrons. The molecule has 1 fully saturated rings. The highest BCUT2D eigenvalue weighted by Gasteiger charge is 2.28. The molecule has 28 heavy (non-hydrogen) atoms. The molecule has 1 amide bonds. The number of rotatable bonds is 6. The number of halogens is 2. The van der Waals surface area contributed by atoms with Crippen molar-refractivity contribution in [2.24, 2.45) is 0 Å². The summed E-state index contributed by atoms with van der Waals surface area (Å²) in [6.45, 7) is 2.57. The fraction of sp³-hybridized carbons (Fsp3) is 0.316. The number of sulfonamides is 1. The maximum absolute atomic E-state index is 13.6. The summed E-state index contributed by atoms with van der Waals surface area (Å²) in [7, 11) is -3.50. The summed E-state index contributed by atoms with van der Waals surface area (Å²) in [5.41, 5.74) is -0.208. The zero-order valence-electron chi connectivity index (χ0n) is 15.1. The van der Waals surface area contributed by atoms with Gasteiger partial charge >= 0.3 is 0 Å². The van der Waals surface area contributed by atoms with Gasteiger partial charge in [0.15, 0.2) is 0 Å². The number of amides is 1. The molecule has 2 aromatic rings. The van der Waals surface area contributed by atoms with Gasteiger partial charge in [0, 0.05) is 45.3 Å². The smallest absolute Gasteiger partial charge is 0.254 e. The first-order valence-electron chi connectivity index (χ1n) is 8.89. The van der Waals surface area contributed by atoms with Crippen LogP contribution in [0.2, 0.25) is 0 Å². The van der Waals surface area contributed by atoms with E-state index in [1.807, 2.05) is 4.90 Å². The van der Waals surface area contributed by atoms with Gasteiger partial charge in [-0.1, -0.05) is 18.2 Å². The Labute approximate surface area is 162 Å². The summed E-state index contributed by atoms with van der Waals surface area (Å²) in [4.78, 5) is 14.3. The van der Waals surface area contributed by atoms with Crippen LogP contribution < -0.4 is 5.32 Å². The molecule has 1 N–H and O–H groups in total. The van der Waals surface area contributed by atoms with Crippen molar-refractivity contribution in [2.75, 3.05) is 39.3 Å². The molecule has 3 rings (SSSR count). The third-order valence-corrected chi connectivity index (χ3v) is 6.51. The molecule has 1 saturated heterocycles. The molecule has 0 unspecified atom stereocenters. The number of nitrogens with one attached hydrogen (secondary N) is 1. The highest BCUT2D eigenvalue weighted by molar-refractivity contribution is 7.89. The molecule has 1 aliphatic rings. The van der Waals surface area contributed by atoms with Crippen LogP contribution in [0.15, 0.2) is 53.4 Å². The number of benzene rings is 2. The summed E-state index contributed by atoms with van der Waals surface area (Å²) in [6, 6.07) is 11.1. The number of hydrogen-bond donors (Lipinski definition) is 1. The Morgan fingerprint density at radius 3 is 2.32 bits per heavy atom. The lowest BCUT2D eigenvalue weighted by atomic mass is 10.2. The first kappa shape index (κ1) is 20.4. The highest BCUT2D eigenvalue weighted by Crippen LogP contribution is 2.17. The molecule has 0 bridgehead atoms. The average molecular weight is 409 g/mol. The molecule has 9 heteroatoms. The Balaban J connectivity index is 1.46. The molecule has 150 valence electrons. The second-order valence-corrected chi connectivity index (χ2v) is 8.38. The second kappa shape index (κ2) is 8.76. The summed E-state index contributed by atoms with van der Waals surface area (Å²) < 4.78 is 53.2. The fourth-order valence-electron chi connectivity index (χ4n) is 3.03. The van der Waals surface area contributed by atoms with E-state index in [2.05, 4.69) is 5.32 Å². The molecule has 2 aromatic carbocycles. The Morgan fingerprint density at radius 1 is 1.00 bits per heavy atom. The van der Waals surface area contributed by atoms with E-state index in [1.165, 1.54) is 4.31 Å². The molecule has 1 aliphatic heterocycles. The van der Waals surface area contributed by atoms with Gasteiger partial charge in [0.05, 0.1) is 10.5 Å². The Morgan fingerprint density at radius 2 is 1.68 bits per heavy atom. The number of hydrogen-bond acceptors (Lipinski definition) is 4. The van der Waals surface area contributed by atoms with Gasteiger partial charge in [-0.2, -0.15) is 4.31 Å². The molecule has 6 nitrogen and oxygen atoms in total. The predicted molar refractivity (Wildman–Crippen MR) is 100 cm³/mol. The van der Waals surface area contributed by atoms with Crippen molar-refractivity contribution in [3.8, 4) is 0 Å². The van der Waals surface area contributed by atoms with Gasteiger partial charge in [0.1, 0.15) is 11.6 Å². The zero-order chi connectivity index (χ0) is 20.1. The van der Waals surface area contributed by atoms with Crippen molar-refractivity contribution in [2.45, 2.75) is 4.90 Å². The molecule has 0 saturated carbocycles. The zero-order valence-corrected chi connectivity index (χ0v) is 16.0. The van der Waals surface area contributed by atoms with E-state index in [0.717, 1.165) is 12.1 Å². The number of piperazine rings is 1. The van der Waals surface area contributed by atoms with E-state index in [4.69, 9.17) is 0 Å². The highest BCUT2D eigenvalue weighted by atomic mass is 32.2. The van der Waals surface area contributed by atoms with Crippen LogP contribution >= 0.6 is 0 Å². The van der Waals surface area contributed by atoms with Crippen LogP contribution in [-0.2, 0) is 10.0 Å². The normalized spacial score (nSPS) is 16.1. The Bertz CT molecular complexity index is 931. The lowest BCUT2D eigenvalue weighted by Gasteiger charge is -2.33. The number of carbonyl (C=O) groups excluding carboxylic acids is 1. The maximum Gasteiger partial charge on any atom is 0.254 e. The van der Waals surface area contributed by atoms with Crippen LogP contribution in [0.3, 0.4) is 0 Å². The minimum atomic E-state index is -3.50. The van der Waals surface area contributed by atoms with Crippen molar-refractivity contribution in [3.05, 3.63) is 65.7 Å². The van der Waals surface area contributed by atoms with Crippen LogP contribution in [0.5, 0.6) is 0 Å². The summed E-state index contributed by atoms with van der Waals surface area (Å²) in [5, 5.41) is 2.60. The van der Waals surface area contributed by atoms with Crippen LogP contribution in [0, 0.1) is 11.6 Å². The van der Waals surface area contributed by atoms with Crippen molar-refractivity contribution in [1.82, 2.24) is 14.5 Å². The van der Waals surface area contributed by atoms with Gasteiger partial charge in [-0.15, -0.1) is 0 Å². The van der Waals surface area contributed by atoms with E-state index >= 15 is 0 Å². The monoisotopic (exact) mass is 409 g/mol. The average Bonchev–Trinajstić information content (AvgIpc) is 2.69. The standard InChI is InChI=1S/C19H21F2N3O3S/c20-15-6-7-17(18(21)14-15)19(25)22-8-9-23-10-12-24(13-11-23)28(26,27)16-4-2-1-3-5-16/h1-7,14H,8-13H2,(H,22,25). The van der Waals surface area contributed by atoms with E-state index in [1.54, 1.807) is 30.3 Å². The van der Waals surface area contributed by atoms with Crippen molar-refractivity contribution in [1.29, 1.82) is 0 Å². The SMILES string of the molecule is O=C(NCCN1CCN(S(=O)(=O)c2ccccc2)CC1)c1ccc(F)cc1F. The molecule has 1 heterocycles. The molecule has 0 atom stereocenters. The Kier molecular flexibility index (Phi) is 6.38. The summed E-state index contributed by atoms with van der Waals surface area (Å²) >= 11 is 0. The van der Waals surface area contributed by atoms with E-state index in [0.29, 0.717) is 38.8 Å². The molecular weight excluding hydrogens is 388 g/mol. The first-order chi connectivity index (χ1) is 13.4. The van der Waals surface area contributed by atoms with Gasteiger partial charge in [0.2, 0.25) is 10.0 Å². The molecule has 0 aliphatic carbocycles. The van der Waals surface area contributed by atoms with Crippen LogP contribution in [0.1, 0.15) is 10.4 Å². The number of nitrogens with zero attached hydrogens (tertiary/aromatic N) is 2. The third-order valence-electron chi connectivity index (χ3n) is 4.60. The van der Waals surface area contributed by atoms with Crippen LogP contribution in [-0.4, -0.2) is 62.8 Å². The predicted octanol–water partition coefficient (Wildman–Crippen LogP) is 1.70. The molecular formula is C19H21F2N3O3S. The minimum Gasteiger partial charge on any atom is -0.351 e. The second-order valence-electron chi connectivity index (χ2n) is 6.44. The minimum absolute atomic E-state index is 0.208. The fourth-order valence-corrected chi connectivity index (χ4v) is 4.47. The largest absolute Gasteiger partial charge is 0.351 e. The summed E-state index contributed by atoms with van der Waals surface area (Å²) in [6.07, 6.45) is 0. The quantitative estimate of drug-likeness (QED) is 0.789. The third kappa shape index (κ3) is 4.73. The van der Waals surface area contributed by atoms with Crippen LogP contribution in [0.25, 0.3) is 0 Å². The number of carbonyl (C=O) groups is 1. The lowest BCUT2D eigenvalue weighted by Crippen LogP contribution is -2.50. The van der Waals surface area contributed by atoms with Crippen molar-refractivity contribution < 1.29 is 22.0 Å². The van der Waals surface area contributed by atoms with E-state index in [-0.39, 0.29) is 17.0 Å².